The van der Waals surface area contributed by atoms with Gasteiger partial charge in [-0.3, -0.25) is 9.69 Å². The summed E-state index contributed by atoms with van der Waals surface area (Å²) in [6.07, 6.45) is 1.44. The normalized spacial score (nSPS) is 15.2. The standard InChI is InChI=1S/C24H26ClN3O4/c1-15(2)31-21-8-7-19(13-20(21)25)22-26-23(32-27-22)17-5-3-16(4-6-17)14-28-11-9-18(10-12-28)24(29)30/h3-8,13,15,18H,9-12,14H2,1-2H3,(H,29,30). The van der Waals surface area contributed by atoms with E-state index in [1.807, 2.05) is 50.2 Å². The van der Waals surface area contributed by atoms with Gasteiger partial charge in [-0.25, -0.2) is 0 Å². The number of hydrogen-bond acceptors (Lipinski definition) is 6. The summed E-state index contributed by atoms with van der Waals surface area (Å²) in [7, 11) is 0. The average molecular weight is 456 g/mol. The summed E-state index contributed by atoms with van der Waals surface area (Å²) in [5.41, 5.74) is 2.75. The smallest absolute Gasteiger partial charge is 0.306 e. The van der Waals surface area contributed by atoms with Crippen molar-refractivity contribution in [2.45, 2.75) is 39.3 Å². The second-order valence-corrected chi connectivity index (χ2v) is 8.73. The van der Waals surface area contributed by atoms with Gasteiger partial charge in [-0.05, 0) is 75.7 Å². The third kappa shape index (κ3) is 5.29. The fourth-order valence-electron chi connectivity index (χ4n) is 3.80. The van der Waals surface area contributed by atoms with Crippen LogP contribution in [0.3, 0.4) is 0 Å². The van der Waals surface area contributed by atoms with Crippen LogP contribution in [0.15, 0.2) is 47.0 Å². The molecule has 1 N–H and O–H groups in total. The molecule has 0 aliphatic carbocycles. The van der Waals surface area contributed by atoms with Gasteiger partial charge in [0.15, 0.2) is 0 Å². The van der Waals surface area contributed by atoms with Crippen LogP contribution in [0, 0.1) is 5.92 Å². The molecule has 32 heavy (non-hydrogen) atoms. The summed E-state index contributed by atoms with van der Waals surface area (Å²) in [5, 5.41) is 13.7. The van der Waals surface area contributed by atoms with Crippen molar-refractivity contribution in [1.29, 1.82) is 0 Å². The maximum atomic E-state index is 11.1. The van der Waals surface area contributed by atoms with Crippen molar-refractivity contribution in [3.8, 4) is 28.6 Å². The second kappa shape index (κ2) is 9.71. The molecule has 2 aromatic carbocycles. The van der Waals surface area contributed by atoms with Gasteiger partial charge in [-0.15, -0.1) is 0 Å². The molecule has 168 valence electrons. The number of aromatic nitrogens is 2. The minimum Gasteiger partial charge on any atom is -0.489 e. The van der Waals surface area contributed by atoms with E-state index in [-0.39, 0.29) is 12.0 Å². The highest BCUT2D eigenvalue weighted by atomic mass is 35.5. The first-order valence-corrected chi connectivity index (χ1v) is 11.1. The van der Waals surface area contributed by atoms with E-state index in [1.54, 1.807) is 6.07 Å². The number of nitrogens with zero attached hydrogens (tertiary/aromatic N) is 3. The molecule has 1 fully saturated rings. The zero-order valence-corrected chi connectivity index (χ0v) is 18.9. The highest BCUT2D eigenvalue weighted by Gasteiger charge is 2.24. The minimum atomic E-state index is -0.685. The largest absolute Gasteiger partial charge is 0.489 e. The molecule has 1 aromatic heterocycles. The molecule has 7 nitrogen and oxygen atoms in total. The third-order valence-corrected chi connectivity index (χ3v) is 5.82. The van der Waals surface area contributed by atoms with E-state index < -0.39 is 5.97 Å². The summed E-state index contributed by atoms with van der Waals surface area (Å²) >= 11 is 6.32. The Morgan fingerprint density at radius 3 is 2.50 bits per heavy atom. The Hall–Kier alpha value is -2.90. The van der Waals surface area contributed by atoms with Crippen molar-refractivity contribution in [3.63, 3.8) is 0 Å². The lowest BCUT2D eigenvalue weighted by Crippen LogP contribution is -2.35. The van der Waals surface area contributed by atoms with Crippen LogP contribution in [0.2, 0.25) is 5.02 Å². The molecule has 8 heteroatoms. The van der Waals surface area contributed by atoms with Crippen molar-refractivity contribution in [1.82, 2.24) is 15.0 Å². The van der Waals surface area contributed by atoms with Crippen LogP contribution in [0.5, 0.6) is 5.75 Å². The molecule has 0 saturated carbocycles. The van der Waals surface area contributed by atoms with Crippen LogP contribution in [0.25, 0.3) is 22.8 Å². The number of carboxylic acid groups (broad SMARTS) is 1. The SMILES string of the molecule is CC(C)Oc1ccc(-c2noc(-c3ccc(CN4CCC(C(=O)O)CC4)cc3)n2)cc1Cl. The van der Waals surface area contributed by atoms with E-state index in [1.165, 1.54) is 0 Å². The summed E-state index contributed by atoms with van der Waals surface area (Å²) in [5.74, 6) is 0.622. The van der Waals surface area contributed by atoms with Gasteiger partial charge in [-0.1, -0.05) is 28.9 Å². The summed E-state index contributed by atoms with van der Waals surface area (Å²) in [4.78, 5) is 17.9. The van der Waals surface area contributed by atoms with E-state index in [0.717, 1.165) is 36.3 Å². The van der Waals surface area contributed by atoms with E-state index in [9.17, 15) is 4.79 Å². The average Bonchev–Trinajstić information content (AvgIpc) is 3.26. The van der Waals surface area contributed by atoms with Gasteiger partial charge in [0, 0.05) is 17.7 Å². The Morgan fingerprint density at radius 1 is 1.19 bits per heavy atom. The fourth-order valence-corrected chi connectivity index (χ4v) is 4.02. The molecule has 2 heterocycles. The number of likely N-dealkylation sites (tertiary alicyclic amines) is 1. The molecule has 1 saturated heterocycles. The van der Waals surface area contributed by atoms with Crippen molar-refractivity contribution >= 4 is 17.6 Å². The van der Waals surface area contributed by atoms with Crippen LogP contribution in [-0.2, 0) is 11.3 Å². The molecular formula is C24H26ClN3O4. The zero-order chi connectivity index (χ0) is 22.7. The Balaban J connectivity index is 1.40. The van der Waals surface area contributed by atoms with Crippen LogP contribution in [-0.4, -0.2) is 45.3 Å². The lowest BCUT2D eigenvalue weighted by molar-refractivity contribution is -0.143. The van der Waals surface area contributed by atoms with E-state index in [2.05, 4.69) is 15.0 Å². The number of hydrogen-bond donors (Lipinski definition) is 1. The molecular weight excluding hydrogens is 430 g/mol. The van der Waals surface area contributed by atoms with Gasteiger partial charge in [0.25, 0.3) is 5.89 Å². The van der Waals surface area contributed by atoms with E-state index in [0.29, 0.717) is 35.3 Å². The highest BCUT2D eigenvalue weighted by Crippen LogP contribution is 2.31. The molecule has 0 atom stereocenters. The first-order valence-electron chi connectivity index (χ1n) is 10.7. The Morgan fingerprint density at radius 2 is 1.88 bits per heavy atom. The first kappa shape index (κ1) is 22.3. The molecule has 0 radical (unpaired) electrons. The fraction of sp³-hybridized carbons (Fsp3) is 0.375. The van der Waals surface area contributed by atoms with Crippen LogP contribution >= 0.6 is 11.6 Å². The van der Waals surface area contributed by atoms with E-state index in [4.69, 9.17) is 26.0 Å². The van der Waals surface area contributed by atoms with Crippen LogP contribution < -0.4 is 4.74 Å². The molecule has 0 unspecified atom stereocenters. The van der Waals surface area contributed by atoms with Gasteiger partial charge >= 0.3 is 5.97 Å². The summed E-state index contributed by atoms with van der Waals surface area (Å²) in [6.45, 7) is 6.29. The Bertz CT molecular complexity index is 1070. The molecule has 0 amide bonds. The third-order valence-electron chi connectivity index (χ3n) is 5.52. The Labute approximate surface area is 192 Å². The molecule has 1 aliphatic heterocycles. The van der Waals surface area contributed by atoms with Crippen LogP contribution in [0.4, 0.5) is 0 Å². The number of carbonyl (C=O) groups is 1. The lowest BCUT2D eigenvalue weighted by Gasteiger charge is -2.30. The predicted octanol–water partition coefficient (Wildman–Crippen LogP) is 5.14. The Kier molecular flexibility index (Phi) is 6.77. The zero-order valence-electron chi connectivity index (χ0n) is 18.1. The highest BCUT2D eigenvalue weighted by molar-refractivity contribution is 6.32. The van der Waals surface area contributed by atoms with Crippen molar-refractivity contribution < 1.29 is 19.2 Å². The number of piperidine rings is 1. The van der Waals surface area contributed by atoms with Gasteiger partial charge in [0.2, 0.25) is 5.82 Å². The number of halogens is 1. The number of carboxylic acids is 1. The second-order valence-electron chi connectivity index (χ2n) is 8.32. The van der Waals surface area contributed by atoms with Gasteiger partial charge < -0.3 is 14.4 Å². The molecule has 4 rings (SSSR count). The molecule has 3 aromatic rings. The van der Waals surface area contributed by atoms with Crippen molar-refractivity contribution in [2.75, 3.05) is 13.1 Å². The van der Waals surface area contributed by atoms with Gasteiger partial charge in [-0.2, -0.15) is 4.98 Å². The minimum absolute atomic E-state index is 0.0367. The van der Waals surface area contributed by atoms with E-state index >= 15 is 0 Å². The lowest BCUT2D eigenvalue weighted by atomic mass is 9.97. The van der Waals surface area contributed by atoms with Crippen molar-refractivity contribution in [3.05, 3.63) is 53.1 Å². The molecule has 0 spiro atoms. The predicted molar refractivity (Wildman–Crippen MR) is 122 cm³/mol. The number of ether oxygens (including phenoxy) is 1. The first-order chi connectivity index (χ1) is 15.4. The topological polar surface area (TPSA) is 88.7 Å². The van der Waals surface area contributed by atoms with Gasteiger partial charge in [0.05, 0.1) is 17.0 Å². The number of aliphatic carboxylic acids is 1. The molecule has 1 aliphatic rings. The molecule has 0 bridgehead atoms. The quantitative estimate of drug-likeness (QED) is 0.527. The van der Waals surface area contributed by atoms with Gasteiger partial charge in [0.1, 0.15) is 5.75 Å². The number of benzene rings is 2. The van der Waals surface area contributed by atoms with Crippen molar-refractivity contribution in [2.24, 2.45) is 5.92 Å². The summed E-state index contributed by atoms with van der Waals surface area (Å²) in [6, 6.07) is 13.4. The summed E-state index contributed by atoms with van der Waals surface area (Å²) < 4.78 is 11.1. The van der Waals surface area contributed by atoms with Crippen LogP contribution in [0.1, 0.15) is 32.3 Å². The monoisotopic (exact) mass is 455 g/mol. The number of rotatable bonds is 7. The maximum Gasteiger partial charge on any atom is 0.306 e. The maximum absolute atomic E-state index is 11.1.